The van der Waals surface area contributed by atoms with Crippen LogP contribution in [0.25, 0.3) is 0 Å². The van der Waals surface area contributed by atoms with Gasteiger partial charge in [0.15, 0.2) is 0 Å². The molecule has 0 bridgehead atoms. The maximum absolute atomic E-state index is 12.7. The number of benzene rings is 2. The van der Waals surface area contributed by atoms with Gasteiger partial charge >= 0.3 is 0 Å². The van der Waals surface area contributed by atoms with Crippen LogP contribution in [-0.2, 0) is 0 Å². The lowest BCUT2D eigenvalue weighted by Gasteiger charge is -2.01. The molecule has 2 aromatic carbocycles. The van der Waals surface area contributed by atoms with Crippen LogP contribution in [0.15, 0.2) is 58.4 Å². The van der Waals surface area contributed by atoms with E-state index in [9.17, 15) is 4.39 Å². The van der Waals surface area contributed by atoms with Crippen LogP contribution in [0, 0.1) is 5.82 Å². The van der Waals surface area contributed by atoms with Crippen LogP contribution in [0.3, 0.4) is 0 Å². The molecule has 0 atom stereocenters. The van der Waals surface area contributed by atoms with Gasteiger partial charge in [-0.2, -0.15) is 0 Å². The number of hydrogen-bond acceptors (Lipinski definition) is 2. The molecule has 0 spiro atoms. The van der Waals surface area contributed by atoms with Crippen molar-refractivity contribution in [2.45, 2.75) is 4.90 Å². The average molecular weight is 246 g/mol. The third-order valence-corrected chi connectivity index (χ3v) is 2.54. The fourth-order valence-corrected chi connectivity index (χ4v) is 1.50. The Labute approximate surface area is 104 Å². The summed E-state index contributed by atoms with van der Waals surface area (Å²) >= 11 is 4.18. The molecule has 0 aliphatic carbocycles. The molecule has 0 aliphatic rings. The summed E-state index contributed by atoms with van der Waals surface area (Å²) in [5.74, 6) is 0.0675. The highest BCUT2D eigenvalue weighted by atomic mass is 32.1. The first-order valence-electron chi connectivity index (χ1n) is 5.04. The second kappa shape index (κ2) is 5.01. The van der Waals surface area contributed by atoms with Crippen LogP contribution in [0.5, 0.6) is 0 Å². The Hall–Kier alpha value is -1.81. The van der Waals surface area contributed by atoms with Crippen molar-refractivity contribution in [1.82, 2.24) is 0 Å². The van der Waals surface area contributed by atoms with Crippen molar-refractivity contribution < 1.29 is 4.39 Å². The van der Waals surface area contributed by atoms with Crippen LogP contribution in [0.2, 0.25) is 0 Å². The number of nitrogens with zero attached hydrogens (tertiary/aromatic N) is 1. The van der Waals surface area contributed by atoms with Crippen molar-refractivity contribution in [3.63, 3.8) is 0 Å². The predicted octanol–water partition coefficient (Wildman–Crippen LogP) is 3.15. The maximum atomic E-state index is 12.7. The van der Waals surface area contributed by atoms with E-state index in [0.717, 1.165) is 10.6 Å². The van der Waals surface area contributed by atoms with Crippen LogP contribution in [0.1, 0.15) is 5.56 Å². The smallest absolute Gasteiger partial charge is 0.131 e. The van der Waals surface area contributed by atoms with Crippen molar-refractivity contribution in [3.8, 4) is 0 Å². The van der Waals surface area contributed by atoms with E-state index < -0.39 is 0 Å². The molecule has 86 valence electrons. The predicted molar refractivity (Wildman–Crippen MR) is 70.5 cm³/mol. The lowest BCUT2D eigenvalue weighted by molar-refractivity contribution is 0.628. The Kier molecular flexibility index (Phi) is 3.44. The Morgan fingerprint density at radius 1 is 1.00 bits per heavy atom. The Morgan fingerprint density at radius 2 is 1.59 bits per heavy atom. The molecule has 4 heteroatoms. The molecule has 0 radical (unpaired) electrons. The summed E-state index contributed by atoms with van der Waals surface area (Å²) in [4.78, 5) is 5.10. The zero-order chi connectivity index (χ0) is 12.3. The third-order valence-electron chi connectivity index (χ3n) is 2.24. The van der Waals surface area contributed by atoms with Gasteiger partial charge in [-0.15, -0.1) is 12.6 Å². The van der Waals surface area contributed by atoms with Crippen LogP contribution < -0.4 is 5.73 Å². The number of thiol groups is 1. The summed E-state index contributed by atoms with van der Waals surface area (Å²) in [5, 5.41) is 0. The molecule has 0 amide bonds. The molecule has 0 aromatic heterocycles. The van der Waals surface area contributed by atoms with Crippen molar-refractivity contribution in [2.24, 2.45) is 10.7 Å². The summed E-state index contributed by atoms with van der Waals surface area (Å²) in [5.41, 5.74) is 7.26. The van der Waals surface area contributed by atoms with Crippen LogP contribution in [-0.4, -0.2) is 5.84 Å². The normalized spacial score (nSPS) is 11.5. The molecule has 17 heavy (non-hydrogen) atoms. The summed E-state index contributed by atoms with van der Waals surface area (Å²) in [6.07, 6.45) is 0. The summed E-state index contributed by atoms with van der Waals surface area (Å²) < 4.78 is 12.7. The summed E-state index contributed by atoms with van der Waals surface area (Å²) in [7, 11) is 0. The molecule has 0 heterocycles. The molecule has 2 nitrogen and oxygen atoms in total. The molecular weight excluding hydrogens is 235 g/mol. The van der Waals surface area contributed by atoms with Crippen LogP contribution >= 0.6 is 12.6 Å². The summed E-state index contributed by atoms with van der Waals surface area (Å²) in [6, 6.07) is 13.2. The number of rotatable bonds is 2. The Balaban J connectivity index is 2.27. The van der Waals surface area contributed by atoms with E-state index in [2.05, 4.69) is 17.6 Å². The standard InChI is InChI=1S/C13H11FN2S/c14-10-3-1-9(2-4-10)13(15)16-11-5-7-12(17)8-6-11/h1-8,17H,(H2,15,16). The first kappa shape index (κ1) is 11.7. The lowest BCUT2D eigenvalue weighted by Crippen LogP contribution is -2.12. The summed E-state index contributed by atoms with van der Waals surface area (Å²) in [6.45, 7) is 0. The van der Waals surface area contributed by atoms with E-state index in [4.69, 9.17) is 5.73 Å². The fraction of sp³-hybridized carbons (Fsp3) is 0. The zero-order valence-electron chi connectivity index (χ0n) is 8.97. The van der Waals surface area contributed by atoms with Crippen molar-refractivity contribution in [3.05, 3.63) is 59.9 Å². The van der Waals surface area contributed by atoms with E-state index in [-0.39, 0.29) is 5.82 Å². The Morgan fingerprint density at radius 3 is 2.18 bits per heavy atom. The number of halogens is 1. The largest absolute Gasteiger partial charge is 0.383 e. The number of aliphatic imine (C=N–C) groups is 1. The fourth-order valence-electron chi connectivity index (χ4n) is 1.35. The van der Waals surface area contributed by atoms with Crippen molar-refractivity contribution in [2.75, 3.05) is 0 Å². The first-order valence-corrected chi connectivity index (χ1v) is 5.49. The van der Waals surface area contributed by atoms with Gasteiger partial charge in [0.2, 0.25) is 0 Å². The monoisotopic (exact) mass is 246 g/mol. The van der Waals surface area contributed by atoms with Crippen molar-refractivity contribution >= 4 is 24.2 Å². The average Bonchev–Trinajstić information content (AvgIpc) is 2.33. The molecule has 0 unspecified atom stereocenters. The van der Waals surface area contributed by atoms with Gasteiger partial charge in [-0.1, -0.05) is 0 Å². The van der Waals surface area contributed by atoms with Gasteiger partial charge in [0.1, 0.15) is 11.7 Å². The molecule has 2 N–H and O–H groups in total. The van der Waals surface area contributed by atoms with E-state index in [1.807, 2.05) is 24.3 Å². The maximum Gasteiger partial charge on any atom is 0.131 e. The minimum Gasteiger partial charge on any atom is -0.383 e. The van der Waals surface area contributed by atoms with Crippen molar-refractivity contribution in [1.29, 1.82) is 0 Å². The molecule has 0 saturated carbocycles. The first-order chi connectivity index (χ1) is 8.15. The molecule has 0 aliphatic heterocycles. The number of nitrogens with two attached hydrogens (primary N) is 1. The van der Waals surface area contributed by atoms with Gasteiger partial charge in [0.05, 0.1) is 5.69 Å². The van der Waals surface area contributed by atoms with E-state index in [1.54, 1.807) is 12.1 Å². The minimum absolute atomic E-state index is 0.291. The van der Waals surface area contributed by atoms with Gasteiger partial charge < -0.3 is 5.73 Å². The van der Waals surface area contributed by atoms with E-state index >= 15 is 0 Å². The highest BCUT2D eigenvalue weighted by Crippen LogP contribution is 2.16. The van der Waals surface area contributed by atoms with Crippen LogP contribution in [0.4, 0.5) is 10.1 Å². The molecule has 0 fully saturated rings. The van der Waals surface area contributed by atoms with Gasteiger partial charge in [0, 0.05) is 10.5 Å². The zero-order valence-corrected chi connectivity index (χ0v) is 9.86. The second-order valence-electron chi connectivity index (χ2n) is 3.52. The highest BCUT2D eigenvalue weighted by Gasteiger charge is 1.99. The van der Waals surface area contributed by atoms with Gasteiger partial charge in [0.25, 0.3) is 0 Å². The minimum atomic E-state index is -0.291. The van der Waals surface area contributed by atoms with Gasteiger partial charge in [-0.25, -0.2) is 9.38 Å². The third kappa shape index (κ3) is 3.07. The SMILES string of the molecule is NC(=Nc1ccc(S)cc1)c1ccc(F)cc1. The van der Waals surface area contributed by atoms with E-state index in [0.29, 0.717) is 11.4 Å². The molecule has 0 saturated heterocycles. The Bertz CT molecular complexity index is 532. The van der Waals surface area contributed by atoms with Gasteiger partial charge in [-0.05, 0) is 48.5 Å². The molecule has 2 aromatic rings. The second-order valence-corrected chi connectivity index (χ2v) is 4.04. The van der Waals surface area contributed by atoms with Gasteiger partial charge in [-0.3, -0.25) is 0 Å². The number of hydrogen-bond donors (Lipinski definition) is 2. The topological polar surface area (TPSA) is 38.4 Å². The van der Waals surface area contributed by atoms with E-state index in [1.165, 1.54) is 12.1 Å². The number of amidine groups is 1. The quantitative estimate of drug-likeness (QED) is 0.477. The highest BCUT2D eigenvalue weighted by molar-refractivity contribution is 7.80. The molecular formula is C13H11FN2S. The molecule has 2 rings (SSSR count). The lowest BCUT2D eigenvalue weighted by atomic mass is 10.2.